The second-order valence-corrected chi connectivity index (χ2v) is 5.91. The quantitative estimate of drug-likeness (QED) is 0.636. The molecule has 3 nitrogen and oxygen atoms in total. The summed E-state index contributed by atoms with van der Waals surface area (Å²) in [5.41, 5.74) is 3.21. The molecule has 0 aliphatic rings. The average molecular weight is 335 g/mol. The van der Waals surface area contributed by atoms with E-state index in [9.17, 15) is 5.11 Å². The minimum Gasteiger partial charge on any atom is -0.505 e. The van der Waals surface area contributed by atoms with Crippen LogP contribution in [0.25, 0.3) is 10.9 Å². The van der Waals surface area contributed by atoms with E-state index in [1.54, 1.807) is 12.1 Å². The molecule has 2 N–H and O–H groups in total. The van der Waals surface area contributed by atoms with Gasteiger partial charge in [-0.2, -0.15) is 0 Å². The molecule has 22 heavy (non-hydrogen) atoms. The number of rotatable bonds is 4. The Labute approximate surface area is 139 Å². The highest BCUT2D eigenvalue weighted by molar-refractivity contribution is 6.37. The van der Waals surface area contributed by atoms with Crippen molar-refractivity contribution in [1.29, 1.82) is 0 Å². The summed E-state index contributed by atoms with van der Waals surface area (Å²) in [6, 6.07) is 11.7. The standard InChI is InChI=1S/C17H16Cl2N2O/c1-2-21-10-11(13-5-3-4-6-16(13)21)9-20-12-7-14(18)17(22)15(19)8-12/h3-8,10,20,22H,2,9H2,1H3. The summed E-state index contributed by atoms with van der Waals surface area (Å²) in [5.74, 6) is -0.0866. The average Bonchev–Trinajstić information content (AvgIpc) is 2.88. The Hall–Kier alpha value is -1.84. The minimum atomic E-state index is -0.0866. The first-order chi connectivity index (χ1) is 10.6. The Kier molecular flexibility index (Phi) is 4.19. The number of aromatic nitrogens is 1. The third-order valence-electron chi connectivity index (χ3n) is 3.71. The fourth-order valence-corrected chi connectivity index (χ4v) is 3.08. The van der Waals surface area contributed by atoms with Crippen molar-refractivity contribution in [2.45, 2.75) is 20.0 Å². The third-order valence-corrected chi connectivity index (χ3v) is 4.29. The first-order valence-corrected chi connectivity index (χ1v) is 7.84. The van der Waals surface area contributed by atoms with Crippen molar-refractivity contribution in [3.8, 4) is 5.75 Å². The SMILES string of the molecule is CCn1cc(CNc2cc(Cl)c(O)c(Cl)c2)c2ccccc21. The molecule has 0 fully saturated rings. The molecule has 2 aromatic carbocycles. The fourth-order valence-electron chi connectivity index (χ4n) is 2.59. The lowest BCUT2D eigenvalue weighted by molar-refractivity contribution is 0.476. The lowest BCUT2D eigenvalue weighted by atomic mass is 10.1. The first kappa shape index (κ1) is 15.1. The van der Waals surface area contributed by atoms with Gasteiger partial charge >= 0.3 is 0 Å². The topological polar surface area (TPSA) is 37.2 Å². The molecule has 0 saturated carbocycles. The highest BCUT2D eigenvalue weighted by Gasteiger charge is 2.09. The van der Waals surface area contributed by atoms with Gasteiger partial charge in [0, 0.05) is 35.9 Å². The van der Waals surface area contributed by atoms with Gasteiger partial charge in [0.2, 0.25) is 0 Å². The largest absolute Gasteiger partial charge is 0.505 e. The molecule has 1 heterocycles. The van der Waals surface area contributed by atoms with Crippen LogP contribution in [0.15, 0.2) is 42.6 Å². The summed E-state index contributed by atoms with van der Waals surface area (Å²) >= 11 is 11.9. The molecule has 0 aliphatic carbocycles. The Morgan fingerprint density at radius 3 is 2.50 bits per heavy atom. The van der Waals surface area contributed by atoms with E-state index >= 15 is 0 Å². The number of phenolic OH excluding ortho intramolecular Hbond substituents is 1. The number of benzene rings is 2. The number of aromatic hydroxyl groups is 1. The number of hydrogen-bond acceptors (Lipinski definition) is 2. The molecule has 0 unspecified atom stereocenters. The normalized spacial score (nSPS) is 11.0. The van der Waals surface area contributed by atoms with Gasteiger partial charge in [-0.05, 0) is 30.7 Å². The number of hydrogen-bond donors (Lipinski definition) is 2. The van der Waals surface area contributed by atoms with E-state index in [1.165, 1.54) is 16.5 Å². The maximum atomic E-state index is 9.60. The van der Waals surface area contributed by atoms with Crippen LogP contribution in [0.4, 0.5) is 5.69 Å². The maximum absolute atomic E-state index is 9.60. The molecular weight excluding hydrogens is 319 g/mol. The van der Waals surface area contributed by atoms with Crippen LogP contribution < -0.4 is 5.32 Å². The summed E-state index contributed by atoms with van der Waals surface area (Å²) in [5, 5.41) is 14.6. The zero-order chi connectivity index (χ0) is 15.7. The van der Waals surface area contributed by atoms with Crippen molar-refractivity contribution in [2.75, 3.05) is 5.32 Å². The van der Waals surface area contributed by atoms with Crippen LogP contribution in [0.3, 0.4) is 0 Å². The van der Waals surface area contributed by atoms with E-state index in [4.69, 9.17) is 23.2 Å². The van der Waals surface area contributed by atoms with Crippen molar-refractivity contribution in [3.05, 3.63) is 58.2 Å². The van der Waals surface area contributed by atoms with Crippen molar-refractivity contribution >= 4 is 39.8 Å². The van der Waals surface area contributed by atoms with Gasteiger partial charge in [-0.1, -0.05) is 41.4 Å². The Morgan fingerprint density at radius 1 is 1.14 bits per heavy atom. The van der Waals surface area contributed by atoms with Crippen LogP contribution in [0, 0.1) is 0 Å². The number of phenols is 1. The number of para-hydroxylation sites is 1. The Bertz CT molecular complexity index is 804. The summed E-state index contributed by atoms with van der Waals surface area (Å²) in [6.07, 6.45) is 2.15. The summed E-state index contributed by atoms with van der Waals surface area (Å²) < 4.78 is 2.23. The molecule has 0 bridgehead atoms. The molecule has 3 rings (SSSR count). The number of nitrogens with zero attached hydrogens (tertiary/aromatic N) is 1. The molecule has 0 spiro atoms. The van der Waals surface area contributed by atoms with E-state index in [1.807, 2.05) is 12.1 Å². The van der Waals surface area contributed by atoms with Crippen molar-refractivity contribution in [2.24, 2.45) is 0 Å². The molecular formula is C17H16Cl2N2O. The first-order valence-electron chi connectivity index (χ1n) is 7.08. The number of nitrogens with one attached hydrogen (secondary N) is 1. The molecule has 1 aromatic heterocycles. The van der Waals surface area contributed by atoms with E-state index in [0.717, 1.165) is 12.2 Å². The second kappa shape index (κ2) is 6.11. The number of fused-ring (bicyclic) bond motifs is 1. The Balaban J connectivity index is 1.88. The number of anilines is 1. The van der Waals surface area contributed by atoms with Gasteiger partial charge in [0.05, 0.1) is 10.0 Å². The predicted octanol–water partition coefficient (Wildman–Crippen LogP) is 5.29. The predicted molar refractivity (Wildman–Crippen MR) is 93.1 cm³/mol. The highest BCUT2D eigenvalue weighted by atomic mass is 35.5. The molecule has 3 aromatic rings. The van der Waals surface area contributed by atoms with Gasteiger partial charge in [-0.3, -0.25) is 0 Å². The van der Waals surface area contributed by atoms with E-state index in [-0.39, 0.29) is 15.8 Å². The summed E-state index contributed by atoms with van der Waals surface area (Å²) in [7, 11) is 0. The van der Waals surface area contributed by atoms with Crippen LogP contribution in [0.1, 0.15) is 12.5 Å². The second-order valence-electron chi connectivity index (χ2n) is 5.10. The Morgan fingerprint density at radius 2 is 1.82 bits per heavy atom. The third kappa shape index (κ3) is 2.74. The molecule has 114 valence electrons. The lowest BCUT2D eigenvalue weighted by Gasteiger charge is -2.08. The highest BCUT2D eigenvalue weighted by Crippen LogP contribution is 2.35. The van der Waals surface area contributed by atoms with E-state index in [0.29, 0.717) is 6.54 Å². The van der Waals surface area contributed by atoms with Gasteiger partial charge in [-0.25, -0.2) is 0 Å². The maximum Gasteiger partial charge on any atom is 0.152 e. The van der Waals surface area contributed by atoms with Crippen LogP contribution in [0.5, 0.6) is 5.75 Å². The summed E-state index contributed by atoms with van der Waals surface area (Å²) in [6.45, 7) is 3.71. The van der Waals surface area contributed by atoms with Crippen LogP contribution >= 0.6 is 23.2 Å². The molecule has 5 heteroatoms. The minimum absolute atomic E-state index is 0.0866. The van der Waals surface area contributed by atoms with Crippen molar-refractivity contribution in [3.63, 3.8) is 0 Å². The monoisotopic (exact) mass is 334 g/mol. The molecule has 0 atom stereocenters. The van der Waals surface area contributed by atoms with Crippen LogP contribution in [-0.2, 0) is 13.1 Å². The van der Waals surface area contributed by atoms with Gasteiger partial charge < -0.3 is 15.0 Å². The zero-order valence-corrected chi connectivity index (χ0v) is 13.6. The van der Waals surface area contributed by atoms with Crippen molar-refractivity contribution < 1.29 is 5.11 Å². The molecule has 0 amide bonds. The van der Waals surface area contributed by atoms with Crippen molar-refractivity contribution in [1.82, 2.24) is 4.57 Å². The number of halogens is 2. The van der Waals surface area contributed by atoms with Gasteiger partial charge in [0.15, 0.2) is 5.75 Å². The molecule has 0 saturated heterocycles. The van der Waals surface area contributed by atoms with E-state index < -0.39 is 0 Å². The lowest BCUT2D eigenvalue weighted by Crippen LogP contribution is -1.99. The molecule has 0 aliphatic heterocycles. The number of aryl methyl sites for hydroxylation is 1. The smallest absolute Gasteiger partial charge is 0.152 e. The molecule has 0 radical (unpaired) electrons. The van der Waals surface area contributed by atoms with Crippen LogP contribution in [0.2, 0.25) is 10.0 Å². The van der Waals surface area contributed by atoms with Gasteiger partial charge in [0.25, 0.3) is 0 Å². The summed E-state index contributed by atoms with van der Waals surface area (Å²) in [4.78, 5) is 0. The fraction of sp³-hybridized carbons (Fsp3) is 0.176. The van der Waals surface area contributed by atoms with Gasteiger partial charge in [-0.15, -0.1) is 0 Å². The van der Waals surface area contributed by atoms with Crippen LogP contribution in [-0.4, -0.2) is 9.67 Å². The van der Waals surface area contributed by atoms with Gasteiger partial charge in [0.1, 0.15) is 0 Å². The zero-order valence-electron chi connectivity index (χ0n) is 12.1. The van der Waals surface area contributed by atoms with E-state index in [2.05, 4.69) is 35.1 Å².